The van der Waals surface area contributed by atoms with Crippen LogP contribution in [0, 0.1) is 5.41 Å². The Balaban J connectivity index is 0.00000169. The van der Waals surface area contributed by atoms with E-state index in [1.807, 2.05) is 24.3 Å². The quantitative estimate of drug-likeness (QED) is 0.765. The number of aromatic nitrogens is 3. The molecule has 2 heterocycles. The number of hydrogen-bond acceptors (Lipinski definition) is 5. The van der Waals surface area contributed by atoms with E-state index in [0.717, 1.165) is 11.1 Å². The summed E-state index contributed by atoms with van der Waals surface area (Å²) < 4.78 is 7.12. The van der Waals surface area contributed by atoms with E-state index in [1.54, 1.807) is 11.0 Å². The van der Waals surface area contributed by atoms with Crippen molar-refractivity contribution in [2.45, 2.75) is 25.9 Å². The van der Waals surface area contributed by atoms with Crippen molar-refractivity contribution in [2.75, 3.05) is 19.8 Å². The van der Waals surface area contributed by atoms with Crippen LogP contribution in [-0.4, -0.2) is 40.4 Å². The number of ether oxygens (including phenoxy) is 1. The van der Waals surface area contributed by atoms with Crippen LogP contribution >= 0.6 is 24.8 Å². The average Bonchev–Trinajstić information content (AvgIpc) is 3.14. The van der Waals surface area contributed by atoms with E-state index >= 15 is 0 Å². The molecule has 0 atom stereocenters. The summed E-state index contributed by atoms with van der Waals surface area (Å²) in [5, 5.41) is 7.11. The Kier molecular flexibility index (Phi) is 9.01. The van der Waals surface area contributed by atoms with Crippen LogP contribution in [0.25, 0.3) is 0 Å². The second kappa shape index (κ2) is 10.5. The highest BCUT2D eigenvalue weighted by Crippen LogP contribution is 2.29. The number of rotatable bonds is 6. The number of carbonyl (C=O) groups is 1. The van der Waals surface area contributed by atoms with E-state index in [1.165, 1.54) is 6.33 Å². The van der Waals surface area contributed by atoms with Gasteiger partial charge in [-0.05, 0) is 24.0 Å². The molecule has 1 amide bonds. The van der Waals surface area contributed by atoms with Crippen LogP contribution in [0.2, 0.25) is 0 Å². The highest BCUT2D eigenvalue weighted by atomic mass is 35.5. The maximum absolute atomic E-state index is 12.5. The van der Waals surface area contributed by atoms with E-state index in [0.29, 0.717) is 45.7 Å². The third-order valence-corrected chi connectivity index (χ3v) is 4.61. The standard InChI is InChI=1S/C17H23N5O2.2ClH/c18-11-17(5-7-24-8-6-17)16(23)20-9-14-1-3-15(4-2-14)10-22-13-19-12-21-22;;/h1-4,12-13H,5-11,18H2,(H,20,23);2*1H. The molecule has 1 aliphatic rings. The summed E-state index contributed by atoms with van der Waals surface area (Å²) in [4.78, 5) is 16.5. The van der Waals surface area contributed by atoms with Crippen LogP contribution in [-0.2, 0) is 22.6 Å². The number of nitrogens with two attached hydrogens (primary N) is 1. The highest BCUT2D eigenvalue weighted by molar-refractivity contribution is 5.85. The monoisotopic (exact) mass is 401 g/mol. The van der Waals surface area contributed by atoms with E-state index in [9.17, 15) is 4.79 Å². The van der Waals surface area contributed by atoms with E-state index < -0.39 is 5.41 Å². The predicted molar refractivity (Wildman–Crippen MR) is 103 cm³/mol. The SMILES string of the molecule is Cl.Cl.NCC1(C(=O)NCc2ccc(Cn3cncn3)cc2)CCOCC1. The molecule has 0 saturated carbocycles. The molecule has 1 fully saturated rings. The number of halogens is 2. The third-order valence-electron chi connectivity index (χ3n) is 4.61. The minimum absolute atomic E-state index is 0. The third kappa shape index (κ3) is 5.41. The number of nitrogens with one attached hydrogen (secondary N) is 1. The smallest absolute Gasteiger partial charge is 0.227 e. The van der Waals surface area contributed by atoms with Gasteiger partial charge in [0.05, 0.1) is 12.0 Å². The first-order chi connectivity index (χ1) is 11.7. The van der Waals surface area contributed by atoms with Crippen LogP contribution in [0.15, 0.2) is 36.9 Å². The van der Waals surface area contributed by atoms with Crippen LogP contribution in [0.5, 0.6) is 0 Å². The summed E-state index contributed by atoms with van der Waals surface area (Å²) in [6, 6.07) is 8.12. The maximum atomic E-state index is 12.5. The Morgan fingerprint density at radius 1 is 1.19 bits per heavy atom. The van der Waals surface area contributed by atoms with Gasteiger partial charge in [-0.15, -0.1) is 24.8 Å². The molecule has 1 aliphatic heterocycles. The first-order valence-corrected chi connectivity index (χ1v) is 8.18. The number of benzene rings is 1. The van der Waals surface area contributed by atoms with Crippen LogP contribution < -0.4 is 11.1 Å². The summed E-state index contributed by atoms with van der Waals surface area (Å²) in [5.74, 6) is 0.0278. The van der Waals surface area contributed by atoms with Crippen molar-refractivity contribution in [3.05, 3.63) is 48.0 Å². The van der Waals surface area contributed by atoms with Crippen molar-refractivity contribution in [1.29, 1.82) is 0 Å². The summed E-state index contributed by atoms with van der Waals surface area (Å²) >= 11 is 0. The Bertz CT molecular complexity index is 658. The normalized spacial score (nSPS) is 15.4. The molecule has 0 spiro atoms. The van der Waals surface area contributed by atoms with Crippen LogP contribution in [0.3, 0.4) is 0 Å². The Labute approximate surface area is 165 Å². The lowest BCUT2D eigenvalue weighted by atomic mass is 9.79. The maximum Gasteiger partial charge on any atom is 0.227 e. The first-order valence-electron chi connectivity index (χ1n) is 8.18. The van der Waals surface area contributed by atoms with Gasteiger partial charge in [-0.1, -0.05) is 24.3 Å². The van der Waals surface area contributed by atoms with Crippen molar-refractivity contribution >= 4 is 30.7 Å². The zero-order chi connectivity index (χ0) is 16.8. The van der Waals surface area contributed by atoms with E-state index in [2.05, 4.69) is 15.4 Å². The highest BCUT2D eigenvalue weighted by Gasteiger charge is 2.38. The van der Waals surface area contributed by atoms with E-state index in [-0.39, 0.29) is 30.7 Å². The summed E-state index contributed by atoms with van der Waals surface area (Å²) in [7, 11) is 0. The van der Waals surface area contributed by atoms with Crippen molar-refractivity contribution in [2.24, 2.45) is 11.1 Å². The lowest BCUT2D eigenvalue weighted by Gasteiger charge is -2.34. The first kappa shape index (κ1) is 22.4. The molecule has 1 aromatic carbocycles. The fourth-order valence-corrected chi connectivity index (χ4v) is 2.92. The summed E-state index contributed by atoms with van der Waals surface area (Å²) in [5.41, 5.74) is 7.58. The van der Waals surface area contributed by atoms with Gasteiger partial charge in [-0.2, -0.15) is 5.10 Å². The zero-order valence-corrected chi connectivity index (χ0v) is 16.1. The Morgan fingerprint density at radius 3 is 2.42 bits per heavy atom. The molecule has 0 aliphatic carbocycles. The molecule has 9 heteroatoms. The topological polar surface area (TPSA) is 95.1 Å². The largest absolute Gasteiger partial charge is 0.381 e. The summed E-state index contributed by atoms with van der Waals surface area (Å²) in [6.45, 7) is 2.75. The van der Waals surface area contributed by atoms with Crippen molar-refractivity contribution < 1.29 is 9.53 Å². The molecule has 1 saturated heterocycles. The van der Waals surface area contributed by atoms with Gasteiger partial charge in [0.1, 0.15) is 12.7 Å². The minimum atomic E-state index is -0.481. The van der Waals surface area contributed by atoms with Gasteiger partial charge in [-0.3, -0.25) is 4.79 Å². The molecule has 144 valence electrons. The summed E-state index contributed by atoms with van der Waals surface area (Å²) in [6.07, 6.45) is 4.58. The molecule has 0 radical (unpaired) electrons. The van der Waals surface area contributed by atoms with Crippen LogP contribution in [0.4, 0.5) is 0 Å². The van der Waals surface area contributed by atoms with Crippen molar-refractivity contribution in [1.82, 2.24) is 20.1 Å². The number of nitrogens with zero attached hydrogens (tertiary/aromatic N) is 3. The van der Waals surface area contributed by atoms with Gasteiger partial charge < -0.3 is 15.8 Å². The molecule has 0 unspecified atom stereocenters. The van der Waals surface area contributed by atoms with Gasteiger partial charge in [0, 0.05) is 26.3 Å². The number of amides is 1. The second-order valence-electron chi connectivity index (χ2n) is 6.19. The second-order valence-corrected chi connectivity index (χ2v) is 6.19. The minimum Gasteiger partial charge on any atom is -0.381 e. The molecule has 3 rings (SSSR count). The van der Waals surface area contributed by atoms with E-state index in [4.69, 9.17) is 10.5 Å². The molecule has 2 aromatic rings. The molecule has 26 heavy (non-hydrogen) atoms. The molecular weight excluding hydrogens is 377 g/mol. The number of hydrogen-bond donors (Lipinski definition) is 2. The molecule has 1 aromatic heterocycles. The van der Waals surface area contributed by atoms with Gasteiger partial charge in [0.25, 0.3) is 0 Å². The van der Waals surface area contributed by atoms with Gasteiger partial charge >= 0.3 is 0 Å². The Morgan fingerprint density at radius 2 is 1.85 bits per heavy atom. The molecule has 7 nitrogen and oxygen atoms in total. The average molecular weight is 402 g/mol. The lowest BCUT2D eigenvalue weighted by molar-refractivity contribution is -0.136. The van der Waals surface area contributed by atoms with Crippen molar-refractivity contribution in [3.8, 4) is 0 Å². The molecule has 3 N–H and O–H groups in total. The van der Waals surface area contributed by atoms with Gasteiger partial charge in [-0.25, -0.2) is 9.67 Å². The predicted octanol–water partition coefficient (Wildman–Crippen LogP) is 1.54. The fraction of sp³-hybridized carbons (Fsp3) is 0.471. The fourth-order valence-electron chi connectivity index (χ4n) is 2.92. The van der Waals surface area contributed by atoms with Crippen LogP contribution in [0.1, 0.15) is 24.0 Å². The zero-order valence-electron chi connectivity index (χ0n) is 14.5. The lowest BCUT2D eigenvalue weighted by Crippen LogP contribution is -2.48. The Hall–Kier alpha value is -1.67. The number of carbonyl (C=O) groups excluding carboxylic acids is 1. The van der Waals surface area contributed by atoms with Gasteiger partial charge in [0.15, 0.2) is 0 Å². The molecular formula is C17H25Cl2N5O2. The van der Waals surface area contributed by atoms with Crippen molar-refractivity contribution in [3.63, 3.8) is 0 Å². The molecule has 0 bridgehead atoms. The van der Waals surface area contributed by atoms with Gasteiger partial charge in [0.2, 0.25) is 5.91 Å².